The van der Waals surface area contributed by atoms with Gasteiger partial charge in [-0.3, -0.25) is 9.88 Å². The number of carbonyl (C=O) groups is 1. The summed E-state index contributed by atoms with van der Waals surface area (Å²) in [6.45, 7) is 0.700. The van der Waals surface area contributed by atoms with Crippen molar-refractivity contribution in [3.63, 3.8) is 0 Å². The molecule has 0 aliphatic heterocycles. The molecular weight excluding hydrogens is 434 g/mol. The zero-order valence-electron chi connectivity index (χ0n) is 16.2. The minimum absolute atomic E-state index is 0.259. The Bertz CT molecular complexity index is 800. The van der Waals surface area contributed by atoms with Crippen molar-refractivity contribution in [2.45, 2.75) is 12.8 Å². The standard InChI is InChI=1S/C20H25Cl2N2O4P/c1-27-20(25)12-9-17-7-10-18(11-8-17)23-29(26,24(15-13-21)16-14-22)28-19-5-3-2-4-6-19/h2-8,10-11H,9,12-16H2,1H3,(H,23,26)/t29-/m1/s1. The monoisotopic (exact) mass is 458 g/mol. The Morgan fingerprint density at radius 1 is 1.03 bits per heavy atom. The molecule has 0 heterocycles. The number of alkyl halides is 2. The summed E-state index contributed by atoms with van der Waals surface area (Å²) in [4.78, 5) is 11.3. The van der Waals surface area contributed by atoms with E-state index in [2.05, 4.69) is 9.82 Å². The Morgan fingerprint density at radius 3 is 2.21 bits per heavy atom. The first-order chi connectivity index (χ1) is 14.0. The van der Waals surface area contributed by atoms with E-state index in [-0.39, 0.29) is 17.7 Å². The van der Waals surface area contributed by atoms with E-state index in [1.54, 1.807) is 28.9 Å². The van der Waals surface area contributed by atoms with Crippen molar-refractivity contribution in [3.8, 4) is 5.75 Å². The molecule has 0 aliphatic rings. The summed E-state index contributed by atoms with van der Waals surface area (Å²) in [6.07, 6.45) is 0.869. The number of hydrogen-bond acceptors (Lipinski definition) is 4. The third-order valence-electron chi connectivity index (χ3n) is 4.10. The number of carbonyl (C=O) groups excluding carboxylic acids is 1. The molecule has 0 saturated heterocycles. The SMILES string of the molecule is COC(=O)CCc1ccc(N[P@@](=O)(Oc2ccccc2)N(CCCl)CCCl)cc1. The van der Waals surface area contributed by atoms with Crippen molar-refractivity contribution < 1.29 is 18.6 Å². The Kier molecular flexibility index (Phi) is 9.82. The summed E-state index contributed by atoms with van der Waals surface area (Å²) < 4.78 is 26.0. The Morgan fingerprint density at radius 2 is 1.66 bits per heavy atom. The van der Waals surface area contributed by atoms with Gasteiger partial charge in [0.1, 0.15) is 5.75 Å². The lowest BCUT2D eigenvalue weighted by Gasteiger charge is -2.31. The van der Waals surface area contributed by atoms with Crippen molar-refractivity contribution in [1.29, 1.82) is 0 Å². The van der Waals surface area contributed by atoms with Crippen LogP contribution in [0.3, 0.4) is 0 Å². The van der Waals surface area contributed by atoms with Gasteiger partial charge >= 0.3 is 13.6 Å². The van der Waals surface area contributed by atoms with Crippen LogP contribution >= 0.6 is 30.9 Å². The molecule has 0 aromatic heterocycles. The molecule has 0 amide bonds. The van der Waals surface area contributed by atoms with E-state index >= 15 is 0 Å². The van der Waals surface area contributed by atoms with Crippen molar-refractivity contribution in [1.82, 2.24) is 4.67 Å². The molecule has 0 radical (unpaired) electrons. The summed E-state index contributed by atoms with van der Waals surface area (Å²) in [6, 6.07) is 16.3. The summed E-state index contributed by atoms with van der Waals surface area (Å²) in [5, 5.41) is 3.03. The maximum atomic E-state index is 13.8. The lowest BCUT2D eigenvalue weighted by Crippen LogP contribution is -2.30. The summed E-state index contributed by atoms with van der Waals surface area (Å²) >= 11 is 11.8. The number of nitrogens with zero attached hydrogens (tertiary/aromatic N) is 1. The number of benzene rings is 2. The quantitative estimate of drug-likeness (QED) is 0.268. The maximum absolute atomic E-state index is 13.8. The molecule has 9 heteroatoms. The number of ether oxygens (including phenoxy) is 1. The number of methoxy groups -OCH3 is 1. The van der Waals surface area contributed by atoms with Gasteiger partial charge in [-0.1, -0.05) is 30.3 Å². The lowest BCUT2D eigenvalue weighted by atomic mass is 10.1. The first-order valence-corrected chi connectivity index (χ1v) is 11.8. The molecule has 1 N–H and O–H groups in total. The van der Waals surface area contributed by atoms with Crippen LogP contribution in [0, 0.1) is 0 Å². The second kappa shape index (κ2) is 12.1. The minimum Gasteiger partial charge on any atom is -0.469 e. The van der Waals surface area contributed by atoms with Gasteiger partial charge in [0.05, 0.1) is 7.11 Å². The molecule has 0 spiro atoms. The van der Waals surface area contributed by atoms with Crippen molar-refractivity contribution >= 4 is 42.5 Å². The minimum atomic E-state index is -3.52. The van der Waals surface area contributed by atoms with E-state index in [0.29, 0.717) is 37.4 Å². The van der Waals surface area contributed by atoms with Crippen LogP contribution in [0.25, 0.3) is 0 Å². The zero-order valence-corrected chi connectivity index (χ0v) is 18.6. The third-order valence-corrected chi connectivity index (χ3v) is 6.58. The Hall–Kier alpha value is -1.72. The normalized spacial score (nSPS) is 13.0. The highest BCUT2D eigenvalue weighted by atomic mass is 35.5. The molecule has 0 saturated carbocycles. The van der Waals surface area contributed by atoms with Gasteiger partial charge in [0.2, 0.25) is 0 Å². The first kappa shape index (κ1) is 23.6. The number of para-hydroxylation sites is 1. The highest BCUT2D eigenvalue weighted by Crippen LogP contribution is 2.50. The second-order valence-electron chi connectivity index (χ2n) is 6.14. The molecular formula is C20H25Cl2N2O4P. The number of anilines is 1. The van der Waals surface area contributed by atoms with E-state index in [0.717, 1.165) is 5.56 Å². The highest BCUT2D eigenvalue weighted by Gasteiger charge is 2.33. The van der Waals surface area contributed by atoms with Gasteiger partial charge in [-0.25, -0.2) is 9.24 Å². The predicted octanol–water partition coefficient (Wildman–Crippen LogP) is 5.17. The Balaban J connectivity index is 2.20. The number of aryl methyl sites for hydroxylation is 1. The molecule has 158 valence electrons. The average Bonchev–Trinajstić information content (AvgIpc) is 2.73. The maximum Gasteiger partial charge on any atom is 0.419 e. The molecule has 2 rings (SSSR count). The predicted molar refractivity (Wildman–Crippen MR) is 118 cm³/mol. The fourth-order valence-corrected chi connectivity index (χ4v) is 5.16. The van der Waals surface area contributed by atoms with Gasteiger partial charge in [0, 0.05) is 37.0 Å². The van der Waals surface area contributed by atoms with Crippen LogP contribution in [-0.2, 0) is 20.5 Å². The van der Waals surface area contributed by atoms with E-state index in [1.807, 2.05) is 30.3 Å². The van der Waals surface area contributed by atoms with Crippen LogP contribution in [0.5, 0.6) is 5.75 Å². The number of esters is 1. The largest absolute Gasteiger partial charge is 0.469 e. The molecule has 0 aliphatic carbocycles. The number of rotatable bonds is 12. The molecule has 6 nitrogen and oxygen atoms in total. The first-order valence-electron chi connectivity index (χ1n) is 9.17. The smallest absolute Gasteiger partial charge is 0.419 e. The number of hydrogen-bond donors (Lipinski definition) is 1. The van der Waals surface area contributed by atoms with E-state index < -0.39 is 7.67 Å². The molecule has 2 aromatic carbocycles. The summed E-state index contributed by atoms with van der Waals surface area (Å²) in [5.41, 5.74) is 1.60. The third kappa shape index (κ3) is 7.56. The van der Waals surface area contributed by atoms with Gasteiger partial charge in [0.25, 0.3) is 0 Å². The molecule has 29 heavy (non-hydrogen) atoms. The van der Waals surface area contributed by atoms with E-state index in [4.69, 9.17) is 27.7 Å². The van der Waals surface area contributed by atoms with Crippen LogP contribution < -0.4 is 9.61 Å². The van der Waals surface area contributed by atoms with Gasteiger partial charge < -0.3 is 9.26 Å². The van der Waals surface area contributed by atoms with Gasteiger partial charge in [-0.2, -0.15) is 0 Å². The molecule has 1 atom stereocenters. The number of nitrogens with one attached hydrogen (secondary N) is 1. The topological polar surface area (TPSA) is 67.9 Å². The van der Waals surface area contributed by atoms with Crippen LogP contribution in [0.2, 0.25) is 0 Å². The molecule has 0 fully saturated rings. The van der Waals surface area contributed by atoms with Crippen molar-refractivity contribution in [3.05, 3.63) is 60.2 Å². The van der Waals surface area contributed by atoms with Gasteiger partial charge in [-0.15, -0.1) is 23.2 Å². The lowest BCUT2D eigenvalue weighted by molar-refractivity contribution is -0.140. The average molecular weight is 459 g/mol. The highest BCUT2D eigenvalue weighted by molar-refractivity contribution is 7.58. The molecule has 2 aromatic rings. The fourth-order valence-electron chi connectivity index (χ4n) is 2.60. The second-order valence-corrected chi connectivity index (χ2v) is 8.91. The van der Waals surface area contributed by atoms with Gasteiger partial charge in [-0.05, 0) is 36.2 Å². The van der Waals surface area contributed by atoms with E-state index in [9.17, 15) is 9.36 Å². The fraction of sp³-hybridized carbons (Fsp3) is 0.350. The van der Waals surface area contributed by atoms with Crippen molar-refractivity contribution in [2.24, 2.45) is 0 Å². The molecule has 0 bridgehead atoms. The van der Waals surface area contributed by atoms with Gasteiger partial charge in [0.15, 0.2) is 0 Å². The van der Waals surface area contributed by atoms with Crippen LogP contribution in [0.4, 0.5) is 5.69 Å². The summed E-state index contributed by atoms with van der Waals surface area (Å²) in [5.74, 6) is 0.790. The van der Waals surface area contributed by atoms with Crippen LogP contribution in [-0.4, -0.2) is 42.6 Å². The number of halogens is 2. The Labute approximate surface area is 181 Å². The van der Waals surface area contributed by atoms with E-state index in [1.165, 1.54) is 7.11 Å². The summed E-state index contributed by atoms with van der Waals surface area (Å²) in [7, 11) is -2.15. The molecule has 0 unspecified atom stereocenters. The zero-order chi connectivity index (χ0) is 21.1. The van der Waals surface area contributed by atoms with Crippen LogP contribution in [0.15, 0.2) is 54.6 Å². The van der Waals surface area contributed by atoms with Crippen LogP contribution in [0.1, 0.15) is 12.0 Å². The van der Waals surface area contributed by atoms with Crippen molar-refractivity contribution in [2.75, 3.05) is 37.0 Å².